The van der Waals surface area contributed by atoms with Gasteiger partial charge in [-0.25, -0.2) is 4.98 Å². The summed E-state index contributed by atoms with van der Waals surface area (Å²) in [7, 11) is 0. The van der Waals surface area contributed by atoms with E-state index >= 15 is 0 Å². The molecule has 27 heavy (non-hydrogen) atoms. The number of rotatable bonds is 6. The van der Waals surface area contributed by atoms with Gasteiger partial charge in [0.15, 0.2) is 6.10 Å². The van der Waals surface area contributed by atoms with E-state index in [9.17, 15) is 27.9 Å². The summed E-state index contributed by atoms with van der Waals surface area (Å²) in [6.07, 6.45) is -4.74. The van der Waals surface area contributed by atoms with Crippen LogP contribution in [0.3, 0.4) is 0 Å². The summed E-state index contributed by atoms with van der Waals surface area (Å²) in [4.78, 5) is 27.8. The van der Waals surface area contributed by atoms with Crippen LogP contribution in [0.15, 0.2) is 47.2 Å². The van der Waals surface area contributed by atoms with E-state index in [0.29, 0.717) is 10.2 Å². The van der Waals surface area contributed by atoms with E-state index in [1.165, 1.54) is 6.20 Å². The van der Waals surface area contributed by atoms with Crippen LogP contribution in [-0.2, 0) is 22.2 Å². The first-order valence-electron chi connectivity index (χ1n) is 7.64. The Balaban J connectivity index is 2.10. The summed E-state index contributed by atoms with van der Waals surface area (Å²) in [5.74, 6) is -1.79. The first-order chi connectivity index (χ1) is 12.6. The van der Waals surface area contributed by atoms with Crippen molar-refractivity contribution in [2.45, 2.75) is 24.7 Å². The minimum absolute atomic E-state index is 0.0230. The smallest absolute Gasteiger partial charge is 0.378 e. The number of nitrogens with one attached hydrogen (secondary N) is 1. The van der Waals surface area contributed by atoms with Crippen molar-refractivity contribution in [3.05, 3.63) is 63.9 Å². The number of benzene rings is 1. The molecule has 0 aliphatic rings. The van der Waals surface area contributed by atoms with Crippen LogP contribution in [0.5, 0.6) is 0 Å². The highest BCUT2D eigenvalue weighted by Crippen LogP contribution is 2.30. The average Bonchev–Trinajstić information content (AvgIpc) is 2.61. The molecule has 0 saturated carbocycles. The molecule has 2 aromatic rings. The maximum atomic E-state index is 12.6. The maximum Gasteiger partial charge on any atom is 0.416 e. The van der Waals surface area contributed by atoms with Crippen LogP contribution in [0.25, 0.3) is 0 Å². The van der Waals surface area contributed by atoms with E-state index in [1.54, 1.807) is 12.1 Å². The molecule has 2 rings (SSSR count). The van der Waals surface area contributed by atoms with E-state index in [-0.39, 0.29) is 12.0 Å². The quantitative estimate of drug-likeness (QED) is 0.592. The third-order valence-corrected chi connectivity index (χ3v) is 4.44. The second-order valence-corrected chi connectivity index (χ2v) is 6.39. The minimum Gasteiger partial charge on any atom is -0.378 e. The van der Waals surface area contributed by atoms with Crippen LogP contribution in [0.1, 0.15) is 22.8 Å². The molecule has 0 fully saturated rings. The molecule has 6 nitrogen and oxygen atoms in total. The van der Waals surface area contributed by atoms with Crippen molar-refractivity contribution in [2.24, 2.45) is 5.73 Å². The lowest BCUT2D eigenvalue weighted by Crippen LogP contribution is -2.47. The number of primary amides is 1. The van der Waals surface area contributed by atoms with Crippen LogP contribution < -0.4 is 11.1 Å². The van der Waals surface area contributed by atoms with E-state index in [4.69, 9.17) is 5.73 Å². The number of pyridine rings is 1. The lowest BCUT2D eigenvalue weighted by molar-refractivity contribution is -0.137. The van der Waals surface area contributed by atoms with Gasteiger partial charge in [0.05, 0.1) is 5.56 Å². The molecule has 1 aromatic heterocycles. The number of carbonyl (C=O) groups is 2. The minimum atomic E-state index is -4.53. The fourth-order valence-corrected chi connectivity index (χ4v) is 2.68. The fraction of sp³-hybridized carbons (Fsp3) is 0.235. The second-order valence-electron chi connectivity index (χ2n) is 5.64. The van der Waals surface area contributed by atoms with E-state index in [2.05, 4.69) is 26.2 Å². The first kappa shape index (κ1) is 20.8. The molecule has 0 spiro atoms. The van der Waals surface area contributed by atoms with Crippen LogP contribution in [0.4, 0.5) is 13.2 Å². The third-order valence-electron chi connectivity index (χ3n) is 3.72. The zero-order valence-electron chi connectivity index (χ0n) is 13.7. The molecule has 0 unspecified atom stereocenters. The maximum absolute atomic E-state index is 12.6. The first-order valence-corrected chi connectivity index (χ1v) is 8.43. The zero-order chi connectivity index (χ0) is 20.2. The fourth-order valence-electron chi connectivity index (χ4n) is 2.27. The summed E-state index contributed by atoms with van der Waals surface area (Å²) in [5.41, 5.74) is 4.94. The summed E-state index contributed by atoms with van der Waals surface area (Å²) < 4.78 is 38.2. The van der Waals surface area contributed by atoms with Crippen molar-refractivity contribution >= 4 is 27.7 Å². The van der Waals surface area contributed by atoms with Crippen molar-refractivity contribution in [3.8, 4) is 0 Å². The van der Waals surface area contributed by atoms with Crippen molar-refractivity contribution in [2.75, 3.05) is 0 Å². The van der Waals surface area contributed by atoms with Gasteiger partial charge < -0.3 is 16.2 Å². The molecule has 0 aliphatic heterocycles. The lowest BCUT2D eigenvalue weighted by atomic mass is 10.0. The van der Waals surface area contributed by atoms with Gasteiger partial charge >= 0.3 is 6.18 Å². The van der Waals surface area contributed by atoms with Crippen molar-refractivity contribution < 1.29 is 27.9 Å². The largest absolute Gasteiger partial charge is 0.416 e. The van der Waals surface area contributed by atoms with Crippen LogP contribution >= 0.6 is 15.9 Å². The highest BCUT2D eigenvalue weighted by atomic mass is 79.9. The molecule has 144 valence electrons. The highest BCUT2D eigenvalue weighted by molar-refractivity contribution is 9.10. The summed E-state index contributed by atoms with van der Waals surface area (Å²) in [6, 6.07) is 5.66. The lowest BCUT2D eigenvalue weighted by Gasteiger charge is -2.19. The van der Waals surface area contributed by atoms with Crippen LogP contribution in [0.2, 0.25) is 0 Å². The third kappa shape index (κ3) is 5.51. The Hall–Kier alpha value is -2.46. The number of hydrogen-bond donors (Lipinski definition) is 3. The molecular weight excluding hydrogens is 431 g/mol. The van der Waals surface area contributed by atoms with Gasteiger partial charge in [-0.05, 0) is 45.3 Å². The zero-order valence-corrected chi connectivity index (χ0v) is 15.3. The van der Waals surface area contributed by atoms with Gasteiger partial charge in [0.2, 0.25) is 5.91 Å². The predicted octanol–water partition coefficient (Wildman–Crippen LogP) is 2.11. The normalized spacial score (nSPS) is 13.7. The number of amides is 2. The SMILES string of the molecule is NC(=O)[C@@H](Cc1cccnc1Br)NC(=O)[C@@H](O)c1ccc(C(F)(F)F)cc1. The molecular formula is C17H15BrF3N3O3. The Kier molecular flexibility index (Phi) is 6.55. The Labute approximate surface area is 160 Å². The van der Waals surface area contributed by atoms with Gasteiger partial charge in [0.1, 0.15) is 10.6 Å². The number of hydrogen-bond acceptors (Lipinski definition) is 4. The number of carbonyl (C=O) groups excluding carboxylic acids is 2. The summed E-state index contributed by atoms with van der Waals surface area (Å²) >= 11 is 3.21. The number of aliphatic hydroxyl groups is 1. The van der Waals surface area contributed by atoms with Crippen molar-refractivity contribution in [1.29, 1.82) is 0 Å². The van der Waals surface area contributed by atoms with Gasteiger partial charge in [-0.15, -0.1) is 0 Å². The Bertz CT molecular complexity index is 828. The molecule has 0 aliphatic carbocycles. The summed E-state index contributed by atoms with van der Waals surface area (Å²) in [6.45, 7) is 0. The molecule has 2 amide bonds. The number of halogens is 4. The molecule has 0 radical (unpaired) electrons. The Morgan fingerprint density at radius 1 is 1.22 bits per heavy atom. The molecule has 2 atom stereocenters. The molecule has 0 bridgehead atoms. The Morgan fingerprint density at radius 3 is 2.37 bits per heavy atom. The molecule has 0 saturated heterocycles. The number of nitrogens with two attached hydrogens (primary N) is 1. The highest BCUT2D eigenvalue weighted by Gasteiger charge is 2.31. The average molecular weight is 446 g/mol. The monoisotopic (exact) mass is 445 g/mol. The second kappa shape index (κ2) is 8.49. The van der Waals surface area contributed by atoms with Gasteiger partial charge in [-0.1, -0.05) is 18.2 Å². The van der Waals surface area contributed by atoms with E-state index in [0.717, 1.165) is 24.3 Å². The van der Waals surface area contributed by atoms with E-state index in [1.807, 2.05) is 0 Å². The Morgan fingerprint density at radius 2 is 1.85 bits per heavy atom. The van der Waals surface area contributed by atoms with Gasteiger partial charge in [0.25, 0.3) is 5.91 Å². The molecule has 1 heterocycles. The molecule has 1 aromatic carbocycles. The molecule has 4 N–H and O–H groups in total. The van der Waals surface area contributed by atoms with Crippen LogP contribution in [-0.4, -0.2) is 27.9 Å². The van der Waals surface area contributed by atoms with Crippen LogP contribution in [0, 0.1) is 0 Å². The standard InChI is InChI=1S/C17H15BrF3N3O3/c18-14-10(2-1-7-23-14)8-12(15(22)26)24-16(27)13(25)9-3-5-11(6-4-9)17(19,20)21/h1-7,12-13,25H,8H2,(H2,22,26)(H,24,27)/t12-,13+/m1/s1. The predicted molar refractivity (Wildman–Crippen MR) is 93.2 cm³/mol. The van der Waals surface area contributed by atoms with Crippen molar-refractivity contribution in [3.63, 3.8) is 0 Å². The van der Waals surface area contributed by atoms with Crippen molar-refractivity contribution in [1.82, 2.24) is 10.3 Å². The summed E-state index contributed by atoms with van der Waals surface area (Å²) in [5, 5.41) is 12.4. The number of aromatic nitrogens is 1. The van der Waals surface area contributed by atoms with Gasteiger partial charge in [0, 0.05) is 12.6 Å². The number of aliphatic hydroxyl groups excluding tert-OH is 1. The van der Waals surface area contributed by atoms with E-state index < -0.39 is 35.7 Å². The molecule has 10 heteroatoms. The topological polar surface area (TPSA) is 105 Å². The van der Waals surface area contributed by atoms with Gasteiger partial charge in [-0.3, -0.25) is 9.59 Å². The number of alkyl halides is 3. The van der Waals surface area contributed by atoms with Gasteiger partial charge in [-0.2, -0.15) is 13.2 Å². The number of nitrogens with zero attached hydrogens (tertiary/aromatic N) is 1.